The summed E-state index contributed by atoms with van der Waals surface area (Å²) in [5.41, 5.74) is 2.24. The Bertz CT molecular complexity index is 782. The Morgan fingerprint density at radius 3 is 1.32 bits per heavy atom. The maximum atomic E-state index is 5.38. The third kappa shape index (κ3) is 4.50. The smallest absolute Gasteiger partial charge is 0.161 e. The molecule has 1 saturated carbocycles. The predicted molar refractivity (Wildman–Crippen MR) is 113 cm³/mol. The summed E-state index contributed by atoms with van der Waals surface area (Å²) in [6.45, 7) is 0. The van der Waals surface area contributed by atoms with Crippen molar-refractivity contribution in [1.82, 2.24) is 0 Å². The van der Waals surface area contributed by atoms with E-state index in [0.717, 1.165) is 34.1 Å². The number of hydrogen-bond acceptors (Lipinski definition) is 4. The van der Waals surface area contributed by atoms with Gasteiger partial charge in [0, 0.05) is 0 Å². The second-order valence-corrected chi connectivity index (χ2v) is 6.85. The van der Waals surface area contributed by atoms with Gasteiger partial charge in [0.1, 0.15) is 0 Å². The van der Waals surface area contributed by atoms with E-state index in [0.29, 0.717) is 11.8 Å². The Hall–Kier alpha value is -2.88. The lowest BCUT2D eigenvalue weighted by Gasteiger charge is -2.32. The van der Waals surface area contributed by atoms with Gasteiger partial charge in [-0.15, -0.1) is 0 Å². The molecule has 3 rings (SSSR count). The standard InChI is InChI=1S/C24H28O4/c1-25-21-13-7-17(15-23(21)27-3)5-9-19-11-12-20(19)10-6-18-8-14-22(26-2)24(16-18)28-4/h5-10,13-16,19-20H,11-12H2,1-4H3/b9-5+,10-6+/t19-,20+. The van der Waals surface area contributed by atoms with Crippen molar-refractivity contribution in [2.24, 2.45) is 11.8 Å². The largest absolute Gasteiger partial charge is 0.493 e. The zero-order valence-corrected chi connectivity index (χ0v) is 17.0. The first-order valence-corrected chi connectivity index (χ1v) is 9.49. The number of rotatable bonds is 8. The van der Waals surface area contributed by atoms with Crippen molar-refractivity contribution >= 4 is 12.2 Å². The van der Waals surface area contributed by atoms with Crippen molar-refractivity contribution in [3.63, 3.8) is 0 Å². The van der Waals surface area contributed by atoms with E-state index in [1.54, 1.807) is 28.4 Å². The van der Waals surface area contributed by atoms with Crippen LogP contribution in [0.5, 0.6) is 23.0 Å². The highest BCUT2D eigenvalue weighted by atomic mass is 16.5. The van der Waals surface area contributed by atoms with E-state index in [1.807, 2.05) is 36.4 Å². The van der Waals surface area contributed by atoms with Gasteiger partial charge in [-0.2, -0.15) is 0 Å². The topological polar surface area (TPSA) is 36.9 Å². The predicted octanol–water partition coefficient (Wildman–Crippen LogP) is 5.47. The quantitative estimate of drug-likeness (QED) is 0.608. The number of hydrogen-bond donors (Lipinski definition) is 0. The summed E-state index contributed by atoms with van der Waals surface area (Å²) < 4.78 is 21.4. The summed E-state index contributed by atoms with van der Waals surface area (Å²) in [5.74, 6) is 4.12. The highest BCUT2D eigenvalue weighted by molar-refractivity contribution is 5.58. The Morgan fingerprint density at radius 2 is 1.00 bits per heavy atom. The maximum absolute atomic E-state index is 5.38. The van der Waals surface area contributed by atoms with Crippen LogP contribution in [0.1, 0.15) is 24.0 Å². The molecular formula is C24H28O4. The fourth-order valence-corrected chi connectivity index (χ4v) is 3.41. The molecule has 0 radical (unpaired) electrons. The van der Waals surface area contributed by atoms with E-state index < -0.39 is 0 Å². The molecule has 0 amide bonds. The molecule has 148 valence electrons. The van der Waals surface area contributed by atoms with E-state index in [2.05, 4.69) is 24.3 Å². The van der Waals surface area contributed by atoms with Crippen molar-refractivity contribution in [3.8, 4) is 23.0 Å². The Balaban J connectivity index is 1.65. The van der Waals surface area contributed by atoms with Crippen molar-refractivity contribution in [1.29, 1.82) is 0 Å². The lowest BCUT2D eigenvalue weighted by atomic mass is 9.73. The molecule has 28 heavy (non-hydrogen) atoms. The Morgan fingerprint density at radius 1 is 0.607 bits per heavy atom. The van der Waals surface area contributed by atoms with Crippen LogP contribution in [0.25, 0.3) is 12.2 Å². The van der Waals surface area contributed by atoms with Gasteiger partial charge >= 0.3 is 0 Å². The van der Waals surface area contributed by atoms with Crippen molar-refractivity contribution in [2.75, 3.05) is 28.4 Å². The molecule has 0 bridgehead atoms. The molecule has 4 nitrogen and oxygen atoms in total. The second-order valence-electron chi connectivity index (χ2n) is 6.85. The zero-order chi connectivity index (χ0) is 19.9. The fraction of sp³-hybridized carbons (Fsp3) is 0.333. The van der Waals surface area contributed by atoms with Crippen LogP contribution in [-0.4, -0.2) is 28.4 Å². The van der Waals surface area contributed by atoms with Crippen LogP contribution >= 0.6 is 0 Å². The lowest BCUT2D eigenvalue weighted by molar-refractivity contribution is 0.288. The fourth-order valence-electron chi connectivity index (χ4n) is 3.41. The molecule has 1 fully saturated rings. The van der Waals surface area contributed by atoms with Gasteiger partial charge < -0.3 is 18.9 Å². The van der Waals surface area contributed by atoms with Gasteiger partial charge in [0.25, 0.3) is 0 Å². The third-order valence-corrected chi connectivity index (χ3v) is 5.27. The van der Waals surface area contributed by atoms with Gasteiger partial charge in [-0.3, -0.25) is 0 Å². The molecule has 1 aliphatic rings. The molecule has 2 aromatic rings. The number of allylic oxidation sites excluding steroid dienone is 2. The van der Waals surface area contributed by atoms with Crippen LogP contribution in [0.15, 0.2) is 48.6 Å². The highest BCUT2D eigenvalue weighted by Gasteiger charge is 2.26. The molecule has 0 spiro atoms. The minimum atomic E-state index is 0.560. The van der Waals surface area contributed by atoms with E-state index >= 15 is 0 Å². The van der Waals surface area contributed by atoms with E-state index in [9.17, 15) is 0 Å². The number of methoxy groups -OCH3 is 4. The van der Waals surface area contributed by atoms with Crippen LogP contribution in [0, 0.1) is 11.8 Å². The summed E-state index contributed by atoms with van der Waals surface area (Å²) >= 11 is 0. The maximum Gasteiger partial charge on any atom is 0.161 e. The lowest BCUT2D eigenvalue weighted by Crippen LogP contribution is -2.21. The minimum Gasteiger partial charge on any atom is -0.493 e. The van der Waals surface area contributed by atoms with Crippen LogP contribution in [0.4, 0.5) is 0 Å². The Kier molecular flexibility index (Phi) is 6.64. The van der Waals surface area contributed by atoms with Crippen molar-refractivity contribution in [3.05, 3.63) is 59.7 Å². The van der Waals surface area contributed by atoms with Gasteiger partial charge in [-0.1, -0.05) is 36.4 Å². The molecule has 0 saturated heterocycles. The molecular weight excluding hydrogens is 352 g/mol. The normalized spacial score (nSPS) is 18.9. The minimum absolute atomic E-state index is 0.560. The Labute approximate surface area is 167 Å². The molecule has 0 aromatic heterocycles. The van der Waals surface area contributed by atoms with Crippen molar-refractivity contribution < 1.29 is 18.9 Å². The number of ether oxygens (including phenoxy) is 4. The van der Waals surface area contributed by atoms with Gasteiger partial charge in [0.2, 0.25) is 0 Å². The van der Waals surface area contributed by atoms with E-state index in [-0.39, 0.29) is 0 Å². The molecule has 0 unspecified atom stereocenters. The number of benzene rings is 2. The summed E-state index contributed by atoms with van der Waals surface area (Å²) in [6, 6.07) is 12.0. The molecule has 2 aromatic carbocycles. The van der Waals surface area contributed by atoms with Crippen LogP contribution < -0.4 is 18.9 Å². The van der Waals surface area contributed by atoms with Crippen LogP contribution in [0.2, 0.25) is 0 Å². The van der Waals surface area contributed by atoms with Gasteiger partial charge in [-0.25, -0.2) is 0 Å². The molecule has 0 N–H and O–H groups in total. The second kappa shape index (κ2) is 9.36. The molecule has 0 heterocycles. The summed E-state index contributed by atoms with van der Waals surface area (Å²) in [6.07, 6.45) is 11.4. The first kappa shape index (κ1) is 19.9. The van der Waals surface area contributed by atoms with Gasteiger partial charge in [0.15, 0.2) is 23.0 Å². The van der Waals surface area contributed by atoms with Crippen LogP contribution in [0.3, 0.4) is 0 Å². The average Bonchev–Trinajstić information content (AvgIpc) is 2.72. The molecule has 0 aliphatic heterocycles. The average molecular weight is 380 g/mol. The van der Waals surface area contributed by atoms with Crippen LogP contribution in [-0.2, 0) is 0 Å². The third-order valence-electron chi connectivity index (χ3n) is 5.27. The summed E-state index contributed by atoms with van der Waals surface area (Å²) in [5, 5.41) is 0. The zero-order valence-electron chi connectivity index (χ0n) is 17.0. The van der Waals surface area contributed by atoms with E-state index in [4.69, 9.17) is 18.9 Å². The summed E-state index contributed by atoms with van der Waals surface area (Å²) in [4.78, 5) is 0. The SMILES string of the molecule is COc1ccc(/C=C/[C@@H]2CC[C@@H]2/C=C/c2ccc(OC)c(OC)c2)cc1OC. The first-order chi connectivity index (χ1) is 13.7. The highest BCUT2D eigenvalue weighted by Crippen LogP contribution is 2.38. The first-order valence-electron chi connectivity index (χ1n) is 9.49. The molecule has 1 aliphatic carbocycles. The van der Waals surface area contributed by atoms with Crippen molar-refractivity contribution in [2.45, 2.75) is 12.8 Å². The monoisotopic (exact) mass is 380 g/mol. The van der Waals surface area contributed by atoms with Gasteiger partial charge in [0.05, 0.1) is 28.4 Å². The molecule has 4 heteroatoms. The van der Waals surface area contributed by atoms with E-state index in [1.165, 1.54) is 12.8 Å². The summed E-state index contributed by atoms with van der Waals surface area (Å²) in [7, 11) is 6.62. The van der Waals surface area contributed by atoms with Gasteiger partial charge in [-0.05, 0) is 60.1 Å². The molecule has 2 atom stereocenters.